The molecule has 0 saturated carbocycles. The highest BCUT2D eigenvalue weighted by Gasteiger charge is 2.13. The molecular weight excluding hydrogens is 426 g/mol. The van der Waals surface area contributed by atoms with Crippen LogP contribution in [-0.4, -0.2) is 13.5 Å². The molecule has 0 aliphatic heterocycles. The Morgan fingerprint density at radius 1 is 0.862 bits per heavy atom. The number of benzene rings is 3. The molecule has 8 heteroatoms. The lowest BCUT2D eigenvalue weighted by Gasteiger charge is -2.14. The van der Waals surface area contributed by atoms with Crippen molar-refractivity contribution in [3.63, 3.8) is 0 Å². The summed E-state index contributed by atoms with van der Waals surface area (Å²) >= 11 is 11.5. The van der Waals surface area contributed by atoms with Crippen LogP contribution in [0.1, 0.15) is 11.1 Å². The molecule has 0 bridgehead atoms. The van der Waals surface area contributed by atoms with E-state index in [2.05, 4.69) is 15.4 Å². The van der Waals surface area contributed by atoms with E-state index in [0.717, 1.165) is 22.5 Å². The number of thiocarbonyl (C=S) groups is 1. The van der Waals surface area contributed by atoms with Crippen molar-refractivity contribution >= 4 is 56.0 Å². The third kappa shape index (κ3) is 5.47. The fraction of sp³-hybridized carbons (Fsp3) is 0.0952. The second-order valence-corrected chi connectivity index (χ2v) is 8.99. The van der Waals surface area contributed by atoms with E-state index < -0.39 is 10.0 Å². The van der Waals surface area contributed by atoms with E-state index in [4.69, 9.17) is 23.8 Å². The molecule has 0 heterocycles. The molecule has 3 aromatic carbocycles. The number of rotatable bonds is 5. The Balaban J connectivity index is 1.64. The summed E-state index contributed by atoms with van der Waals surface area (Å²) in [6.07, 6.45) is 0. The van der Waals surface area contributed by atoms with E-state index in [1.165, 1.54) is 0 Å². The quantitative estimate of drug-likeness (QED) is 0.448. The fourth-order valence-electron chi connectivity index (χ4n) is 2.58. The topological polar surface area (TPSA) is 70.2 Å². The van der Waals surface area contributed by atoms with E-state index in [0.29, 0.717) is 15.8 Å². The van der Waals surface area contributed by atoms with Crippen molar-refractivity contribution in [2.24, 2.45) is 0 Å². The minimum atomic E-state index is -3.64. The molecule has 3 rings (SSSR count). The Bertz CT molecular complexity index is 1130. The Hall–Kier alpha value is -2.61. The van der Waals surface area contributed by atoms with Gasteiger partial charge in [-0.25, -0.2) is 8.42 Å². The molecule has 5 nitrogen and oxygen atoms in total. The number of anilines is 3. The third-order valence-corrected chi connectivity index (χ3v) is 6.25. The monoisotopic (exact) mass is 445 g/mol. The van der Waals surface area contributed by atoms with E-state index >= 15 is 0 Å². The summed E-state index contributed by atoms with van der Waals surface area (Å²) in [5.41, 5.74) is 3.90. The molecule has 0 aromatic heterocycles. The summed E-state index contributed by atoms with van der Waals surface area (Å²) in [6.45, 7) is 3.81. The summed E-state index contributed by atoms with van der Waals surface area (Å²) in [5, 5.41) is 7.23. The minimum absolute atomic E-state index is 0.215. The molecule has 0 fully saturated rings. The van der Waals surface area contributed by atoms with Gasteiger partial charge in [0.05, 0.1) is 4.90 Å². The first-order valence-corrected chi connectivity index (χ1v) is 11.0. The van der Waals surface area contributed by atoms with Gasteiger partial charge in [-0.1, -0.05) is 35.4 Å². The van der Waals surface area contributed by atoms with Gasteiger partial charge in [-0.3, -0.25) is 4.72 Å². The maximum atomic E-state index is 12.5. The van der Waals surface area contributed by atoms with E-state index in [9.17, 15) is 8.42 Å². The highest BCUT2D eigenvalue weighted by atomic mass is 35.5. The van der Waals surface area contributed by atoms with Crippen LogP contribution in [-0.2, 0) is 10.0 Å². The van der Waals surface area contributed by atoms with Crippen molar-refractivity contribution in [3.8, 4) is 0 Å². The number of nitrogens with one attached hydrogen (secondary N) is 3. The summed E-state index contributed by atoms with van der Waals surface area (Å²) in [5.74, 6) is 0. The molecule has 0 spiro atoms. The van der Waals surface area contributed by atoms with Crippen molar-refractivity contribution in [2.45, 2.75) is 18.7 Å². The second-order valence-electron chi connectivity index (χ2n) is 6.49. The molecule has 0 atom stereocenters. The van der Waals surface area contributed by atoms with Crippen molar-refractivity contribution in [3.05, 3.63) is 82.9 Å². The zero-order valence-corrected chi connectivity index (χ0v) is 18.3. The highest BCUT2D eigenvalue weighted by Crippen LogP contribution is 2.23. The Morgan fingerprint density at radius 2 is 1.48 bits per heavy atom. The van der Waals surface area contributed by atoms with Crippen LogP contribution in [0, 0.1) is 13.8 Å². The summed E-state index contributed by atoms with van der Waals surface area (Å²) in [7, 11) is -3.64. The molecule has 150 valence electrons. The van der Waals surface area contributed by atoms with Gasteiger partial charge in [-0.15, -0.1) is 0 Å². The lowest BCUT2D eigenvalue weighted by molar-refractivity contribution is 0.601. The van der Waals surface area contributed by atoms with Gasteiger partial charge in [0.25, 0.3) is 10.0 Å². The average Bonchev–Trinajstić information content (AvgIpc) is 2.67. The first-order valence-electron chi connectivity index (χ1n) is 8.77. The lowest BCUT2D eigenvalue weighted by Crippen LogP contribution is -2.19. The minimum Gasteiger partial charge on any atom is -0.332 e. The molecule has 0 aliphatic rings. The molecule has 0 radical (unpaired) electrons. The van der Waals surface area contributed by atoms with Crippen LogP contribution in [0.15, 0.2) is 71.6 Å². The summed E-state index contributed by atoms with van der Waals surface area (Å²) in [4.78, 5) is 0.215. The number of halogens is 1. The molecule has 0 amide bonds. The smallest absolute Gasteiger partial charge is 0.261 e. The van der Waals surface area contributed by atoms with Gasteiger partial charge in [0.2, 0.25) is 0 Å². The van der Waals surface area contributed by atoms with E-state index in [1.54, 1.807) is 48.5 Å². The van der Waals surface area contributed by atoms with Crippen LogP contribution in [0.2, 0.25) is 5.02 Å². The fourth-order valence-corrected chi connectivity index (χ4v) is 4.04. The maximum absolute atomic E-state index is 12.5. The summed E-state index contributed by atoms with van der Waals surface area (Å²) < 4.78 is 27.5. The molecule has 29 heavy (non-hydrogen) atoms. The van der Waals surface area contributed by atoms with E-state index in [-0.39, 0.29) is 4.90 Å². The molecular formula is C21H20ClN3O2S2. The van der Waals surface area contributed by atoms with Gasteiger partial charge in [-0.05, 0) is 80.2 Å². The van der Waals surface area contributed by atoms with Crippen LogP contribution in [0.4, 0.5) is 17.1 Å². The largest absolute Gasteiger partial charge is 0.332 e. The van der Waals surface area contributed by atoms with Gasteiger partial charge in [0.1, 0.15) is 0 Å². The average molecular weight is 446 g/mol. The highest BCUT2D eigenvalue weighted by molar-refractivity contribution is 7.92. The maximum Gasteiger partial charge on any atom is 0.261 e. The van der Waals surface area contributed by atoms with Crippen LogP contribution in [0.5, 0.6) is 0 Å². The zero-order valence-electron chi connectivity index (χ0n) is 15.9. The van der Waals surface area contributed by atoms with Gasteiger partial charge in [0.15, 0.2) is 5.11 Å². The number of hydrogen-bond acceptors (Lipinski definition) is 3. The normalized spacial score (nSPS) is 11.0. The predicted molar refractivity (Wildman–Crippen MR) is 124 cm³/mol. The van der Waals surface area contributed by atoms with E-state index in [1.807, 2.05) is 32.0 Å². The van der Waals surface area contributed by atoms with Gasteiger partial charge >= 0.3 is 0 Å². The molecule has 3 N–H and O–H groups in total. The number of aryl methyl sites for hydroxylation is 1. The second kappa shape index (κ2) is 8.82. The first kappa shape index (κ1) is 21.1. The van der Waals surface area contributed by atoms with Crippen molar-refractivity contribution in [2.75, 3.05) is 15.4 Å². The van der Waals surface area contributed by atoms with Gasteiger partial charge < -0.3 is 10.6 Å². The summed E-state index contributed by atoms with van der Waals surface area (Å²) in [6, 6.07) is 19.0. The molecule has 0 aliphatic carbocycles. The van der Waals surface area contributed by atoms with Crippen molar-refractivity contribution in [1.82, 2.24) is 0 Å². The van der Waals surface area contributed by atoms with Gasteiger partial charge in [0, 0.05) is 22.1 Å². The SMILES string of the molecule is Cc1ccc(S(=O)(=O)Nc2ccc(NC(=S)Nc3cccc(Cl)c3C)cc2)cc1. The Labute approximate surface area is 181 Å². The number of sulfonamides is 1. The Morgan fingerprint density at radius 3 is 2.14 bits per heavy atom. The van der Waals surface area contributed by atoms with Crippen LogP contribution in [0.3, 0.4) is 0 Å². The van der Waals surface area contributed by atoms with Gasteiger partial charge in [-0.2, -0.15) is 0 Å². The first-order chi connectivity index (χ1) is 13.7. The van der Waals surface area contributed by atoms with Crippen LogP contribution in [0.25, 0.3) is 0 Å². The Kier molecular flexibility index (Phi) is 6.42. The molecule has 0 saturated heterocycles. The standard InChI is InChI=1S/C21H20ClN3O2S2/c1-14-6-12-18(13-7-14)29(26,27)25-17-10-8-16(9-11-17)23-21(28)24-20-5-3-4-19(22)15(20)2/h3-13,25H,1-2H3,(H2,23,24,28). The molecule has 3 aromatic rings. The van der Waals surface area contributed by atoms with Crippen LogP contribution >= 0.6 is 23.8 Å². The van der Waals surface area contributed by atoms with Crippen molar-refractivity contribution in [1.29, 1.82) is 0 Å². The predicted octanol–water partition coefficient (Wildman–Crippen LogP) is 5.57. The molecule has 0 unspecified atom stereocenters. The third-order valence-electron chi connectivity index (χ3n) is 4.24. The zero-order chi connectivity index (χ0) is 21.0. The number of hydrogen-bond donors (Lipinski definition) is 3. The lowest BCUT2D eigenvalue weighted by atomic mass is 10.2. The van der Waals surface area contributed by atoms with Crippen molar-refractivity contribution < 1.29 is 8.42 Å². The van der Waals surface area contributed by atoms with Crippen LogP contribution < -0.4 is 15.4 Å².